The molecule has 1 aromatic carbocycles. The molecule has 1 rings (SSSR count). The van der Waals surface area contributed by atoms with Crippen LogP contribution in [-0.4, -0.2) is 6.04 Å². The predicted molar refractivity (Wildman–Crippen MR) is 56.3 cm³/mol. The Labute approximate surface area is 80.2 Å². The molecule has 2 atom stereocenters. The first kappa shape index (κ1) is 9.83. The molecule has 0 aliphatic rings. The van der Waals surface area contributed by atoms with Gasteiger partial charge in [-0.25, -0.2) is 0 Å². The Morgan fingerprint density at radius 2 is 1.85 bits per heavy atom. The van der Waals surface area contributed by atoms with Gasteiger partial charge in [0.25, 0.3) is 0 Å². The third kappa shape index (κ3) is 2.93. The van der Waals surface area contributed by atoms with Crippen molar-refractivity contribution in [3.8, 4) is 12.3 Å². The lowest BCUT2D eigenvalue weighted by Gasteiger charge is -2.16. The van der Waals surface area contributed by atoms with Crippen molar-refractivity contribution in [2.24, 2.45) is 0 Å². The molecule has 0 saturated heterocycles. The minimum Gasteiger partial charge on any atom is -0.297 e. The molecule has 68 valence electrons. The number of benzene rings is 1. The monoisotopic (exact) mass is 173 g/mol. The minimum atomic E-state index is 0.121. The third-order valence-corrected chi connectivity index (χ3v) is 2.05. The SMILES string of the molecule is C#CC(C)N[C@@H](C)c1ccccc1. The zero-order chi connectivity index (χ0) is 9.68. The maximum atomic E-state index is 5.29. The van der Waals surface area contributed by atoms with Crippen LogP contribution in [0.1, 0.15) is 25.5 Å². The Morgan fingerprint density at radius 1 is 1.23 bits per heavy atom. The maximum absolute atomic E-state index is 5.29. The van der Waals surface area contributed by atoms with Crippen molar-refractivity contribution >= 4 is 0 Å². The molecule has 1 heteroatoms. The molecule has 1 N–H and O–H groups in total. The highest BCUT2D eigenvalue weighted by atomic mass is 14.9. The van der Waals surface area contributed by atoms with Crippen molar-refractivity contribution in [3.63, 3.8) is 0 Å². The van der Waals surface area contributed by atoms with Gasteiger partial charge >= 0.3 is 0 Å². The van der Waals surface area contributed by atoms with Gasteiger partial charge in [0.1, 0.15) is 0 Å². The van der Waals surface area contributed by atoms with E-state index >= 15 is 0 Å². The molecule has 1 aromatic rings. The van der Waals surface area contributed by atoms with Gasteiger partial charge in [-0.3, -0.25) is 5.32 Å². The number of hydrogen-bond donors (Lipinski definition) is 1. The average molecular weight is 173 g/mol. The van der Waals surface area contributed by atoms with Crippen molar-refractivity contribution < 1.29 is 0 Å². The lowest BCUT2D eigenvalue weighted by Crippen LogP contribution is -2.27. The van der Waals surface area contributed by atoms with Gasteiger partial charge in [0, 0.05) is 6.04 Å². The van der Waals surface area contributed by atoms with Gasteiger partial charge in [0.05, 0.1) is 6.04 Å². The highest BCUT2D eigenvalue weighted by Crippen LogP contribution is 2.11. The molecule has 0 bridgehead atoms. The van der Waals surface area contributed by atoms with Crippen LogP contribution in [-0.2, 0) is 0 Å². The van der Waals surface area contributed by atoms with Crippen LogP contribution in [0.4, 0.5) is 0 Å². The molecule has 13 heavy (non-hydrogen) atoms. The maximum Gasteiger partial charge on any atom is 0.0662 e. The minimum absolute atomic E-state index is 0.121. The van der Waals surface area contributed by atoms with E-state index in [0.717, 1.165) is 0 Å². The Hall–Kier alpha value is -1.26. The summed E-state index contributed by atoms with van der Waals surface area (Å²) >= 11 is 0. The number of rotatable bonds is 3. The summed E-state index contributed by atoms with van der Waals surface area (Å²) < 4.78 is 0. The van der Waals surface area contributed by atoms with E-state index < -0.39 is 0 Å². The second kappa shape index (κ2) is 4.69. The Kier molecular flexibility index (Phi) is 3.54. The van der Waals surface area contributed by atoms with Crippen LogP contribution < -0.4 is 5.32 Å². The van der Waals surface area contributed by atoms with E-state index in [9.17, 15) is 0 Å². The molecule has 0 heterocycles. The van der Waals surface area contributed by atoms with E-state index in [1.807, 2.05) is 25.1 Å². The summed E-state index contributed by atoms with van der Waals surface area (Å²) in [5.41, 5.74) is 1.27. The van der Waals surface area contributed by atoms with Crippen LogP contribution >= 0.6 is 0 Å². The molecular formula is C12H15N. The molecule has 0 aromatic heterocycles. The number of hydrogen-bond acceptors (Lipinski definition) is 1. The molecule has 0 amide bonds. The lowest BCUT2D eigenvalue weighted by molar-refractivity contribution is 0.546. The van der Waals surface area contributed by atoms with Gasteiger partial charge in [0.2, 0.25) is 0 Å². The standard InChI is InChI=1S/C12H15N/c1-4-10(2)13-11(3)12-8-6-5-7-9-12/h1,5-11,13H,2-3H3/t10?,11-/m0/s1. The predicted octanol–water partition coefficient (Wildman–Crippen LogP) is 2.36. The summed E-state index contributed by atoms with van der Waals surface area (Å²) in [6.07, 6.45) is 5.29. The highest BCUT2D eigenvalue weighted by Gasteiger charge is 2.05. The van der Waals surface area contributed by atoms with Gasteiger partial charge < -0.3 is 0 Å². The van der Waals surface area contributed by atoms with Crippen LogP contribution in [0, 0.1) is 12.3 Å². The molecule has 0 aliphatic carbocycles. The van der Waals surface area contributed by atoms with Crippen LogP contribution in [0.5, 0.6) is 0 Å². The van der Waals surface area contributed by atoms with Crippen LogP contribution in [0.2, 0.25) is 0 Å². The van der Waals surface area contributed by atoms with Crippen LogP contribution in [0.3, 0.4) is 0 Å². The van der Waals surface area contributed by atoms with Gasteiger partial charge in [-0.1, -0.05) is 36.3 Å². The highest BCUT2D eigenvalue weighted by molar-refractivity contribution is 5.18. The normalized spacial score (nSPS) is 14.5. The first-order chi connectivity index (χ1) is 6.24. The summed E-state index contributed by atoms with van der Waals surface area (Å²) in [5.74, 6) is 2.65. The smallest absolute Gasteiger partial charge is 0.0662 e. The number of terminal acetylenes is 1. The van der Waals surface area contributed by atoms with E-state index in [4.69, 9.17) is 6.42 Å². The fourth-order valence-electron chi connectivity index (χ4n) is 1.26. The van der Waals surface area contributed by atoms with Gasteiger partial charge in [-0.05, 0) is 19.4 Å². The lowest BCUT2D eigenvalue weighted by atomic mass is 10.1. The average Bonchev–Trinajstić information content (AvgIpc) is 2.19. The summed E-state index contributed by atoms with van der Waals surface area (Å²) in [6, 6.07) is 10.7. The fraction of sp³-hybridized carbons (Fsp3) is 0.333. The third-order valence-electron chi connectivity index (χ3n) is 2.05. The Balaban J connectivity index is 2.60. The molecule has 1 nitrogen and oxygen atoms in total. The van der Waals surface area contributed by atoms with Crippen molar-refractivity contribution in [1.29, 1.82) is 0 Å². The molecule has 0 aliphatic heterocycles. The first-order valence-corrected chi connectivity index (χ1v) is 4.51. The zero-order valence-corrected chi connectivity index (χ0v) is 8.12. The van der Waals surface area contributed by atoms with Crippen LogP contribution in [0.25, 0.3) is 0 Å². The van der Waals surface area contributed by atoms with E-state index in [2.05, 4.69) is 30.3 Å². The largest absolute Gasteiger partial charge is 0.297 e. The number of nitrogens with one attached hydrogen (secondary N) is 1. The first-order valence-electron chi connectivity index (χ1n) is 4.51. The second-order valence-corrected chi connectivity index (χ2v) is 3.19. The van der Waals surface area contributed by atoms with Crippen molar-refractivity contribution in [2.75, 3.05) is 0 Å². The summed E-state index contributed by atoms with van der Waals surface area (Å²) in [7, 11) is 0. The van der Waals surface area contributed by atoms with Crippen molar-refractivity contribution in [3.05, 3.63) is 35.9 Å². The fourth-order valence-corrected chi connectivity index (χ4v) is 1.26. The summed E-state index contributed by atoms with van der Waals surface area (Å²) in [5, 5.41) is 3.31. The molecule has 0 spiro atoms. The van der Waals surface area contributed by atoms with E-state index in [1.54, 1.807) is 0 Å². The Bertz CT molecular complexity index is 284. The van der Waals surface area contributed by atoms with Gasteiger partial charge in [-0.15, -0.1) is 6.42 Å². The second-order valence-electron chi connectivity index (χ2n) is 3.19. The molecule has 1 unspecified atom stereocenters. The van der Waals surface area contributed by atoms with E-state index in [1.165, 1.54) is 5.56 Å². The van der Waals surface area contributed by atoms with Crippen LogP contribution in [0.15, 0.2) is 30.3 Å². The van der Waals surface area contributed by atoms with E-state index in [0.29, 0.717) is 6.04 Å². The van der Waals surface area contributed by atoms with Gasteiger partial charge in [-0.2, -0.15) is 0 Å². The molecule has 0 radical (unpaired) electrons. The van der Waals surface area contributed by atoms with E-state index in [-0.39, 0.29) is 6.04 Å². The topological polar surface area (TPSA) is 12.0 Å². The zero-order valence-electron chi connectivity index (χ0n) is 8.12. The molecule has 0 fully saturated rings. The summed E-state index contributed by atoms with van der Waals surface area (Å²) in [6.45, 7) is 4.10. The molecule has 0 saturated carbocycles. The summed E-state index contributed by atoms with van der Waals surface area (Å²) in [4.78, 5) is 0. The van der Waals surface area contributed by atoms with Crippen molar-refractivity contribution in [1.82, 2.24) is 5.32 Å². The Morgan fingerprint density at radius 3 is 2.38 bits per heavy atom. The van der Waals surface area contributed by atoms with Gasteiger partial charge in [0.15, 0.2) is 0 Å². The van der Waals surface area contributed by atoms with Crippen molar-refractivity contribution in [2.45, 2.75) is 25.9 Å². The quantitative estimate of drug-likeness (QED) is 0.692. The molecular weight excluding hydrogens is 158 g/mol.